The summed E-state index contributed by atoms with van der Waals surface area (Å²) < 4.78 is 0. The molecule has 7 heteroatoms. The first kappa shape index (κ1) is 18.1. The van der Waals surface area contributed by atoms with Gasteiger partial charge in [-0.2, -0.15) is 0 Å². The molecule has 0 heterocycles. The lowest BCUT2D eigenvalue weighted by molar-refractivity contribution is -0.115. The summed E-state index contributed by atoms with van der Waals surface area (Å²) in [5.41, 5.74) is 2.76. The number of anilines is 3. The minimum absolute atomic E-state index is 0.0488. The Bertz CT molecular complexity index is 778. The second-order valence-corrected chi connectivity index (χ2v) is 5.95. The number of benzene rings is 2. The molecule has 0 radical (unpaired) electrons. The number of carbonyl (C=O) groups excluding carboxylic acids is 2. The van der Waals surface area contributed by atoms with Crippen LogP contribution in [0.3, 0.4) is 0 Å². The van der Waals surface area contributed by atoms with Gasteiger partial charge in [0.25, 0.3) is 0 Å². The summed E-state index contributed by atoms with van der Waals surface area (Å²) in [6.07, 6.45) is 0. The Morgan fingerprint density at radius 2 is 1.58 bits per heavy atom. The molecule has 0 saturated heterocycles. The zero-order valence-electron chi connectivity index (χ0n) is 13.2. The van der Waals surface area contributed by atoms with Crippen LogP contribution < -0.4 is 16.0 Å². The Morgan fingerprint density at radius 3 is 2.29 bits per heavy atom. The molecule has 0 bridgehead atoms. The molecular weight excluding hydrogens is 349 g/mol. The minimum Gasteiger partial charge on any atom is -0.376 e. The topological polar surface area (TPSA) is 70.2 Å². The molecule has 0 aliphatic rings. The molecule has 126 valence electrons. The fourth-order valence-electron chi connectivity index (χ4n) is 2.12. The molecule has 0 saturated carbocycles. The molecule has 2 aromatic rings. The van der Waals surface area contributed by atoms with Crippen LogP contribution in [0.1, 0.15) is 12.5 Å². The Balaban J connectivity index is 2.02. The highest BCUT2D eigenvalue weighted by atomic mass is 35.5. The van der Waals surface area contributed by atoms with Gasteiger partial charge in [0.2, 0.25) is 11.8 Å². The van der Waals surface area contributed by atoms with Crippen LogP contribution in [0.5, 0.6) is 0 Å². The first-order chi connectivity index (χ1) is 11.4. The number of hydrogen-bond donors (Lipinski definition) is 3. The van der Waals surface area contributed by atoms with Gasteiger partial charge >= 0.3 is 0 Å². The maximum Gasteiger partial charge on any atom is 0.243 e. The number of rotatable bonds is 5. The average Bonchev–Trinajstić information content (AvgIpc) is 2.52. The number of halogens is 2. The van der Waals surface area contributed by atoms with E-state index in [9.17, 15) is 9.59 Å². The molecule has 0 aliphatic carbocycles. The molecule has 0 aliphatic heterocycles. The van der Waals surface area contributed by atoms with Crippen molar-refractivity contribution in [1.29, 1.82) is 0 Å². The van der Waals surface area contributed by atoms with Gasteiger partial charge in [0.05, 0.1) is 22.3 Å². The summed E-state index contributed by atoms with van der Waals surface area (Å²) in [5.74, 6) is -0.410. The van der Waals surface area contributed by atoms with Crippen molar-refractivity contribution < 1.29 is 9.59 Å². The van der Waals surface area contributed by atoms with Gasteiger partial charge in [-0.3, -0.25) is 9.59 Å². The lowest BCUT2D eigenvalue weighted by Gasteiger charge is -2.14. The van der Waals surface area contributed by atoms with Crippen molar-refractivity contribution >= 4 is 52.1 Å². The molecule has 0 spiro atoms. The Hall–Kier alpha value is -2.24. The molecule has 2 aromatic carbocycles. The summed E-state index contributed by atoms with van der Waals surface area (Å²) in [6.45, 7) is 3.36. The molecular formula is C17H17Cl2N3O2. The van der Waals surface area contributed by atoms with Gasteiger partial charge in [-0.15, -0.1) is 0 Å². The molecule has 24 heavy (non-hydrogen) atoms. The predicted octanol–water partition coefficient (Wildman–Crippen LogP) is 4.31. The number of nitrogens with one attached hydrogen (secondary N) is 3. The van der Waals surface area contributed by atoms with E-state index in [0.717, 1.165) is 11.3 Å². The Morgan fingerprint density at radius 1 is 0.958 bits per heavy atom. The summed E-state index contributed by atoms with van der Waals surface area (Å²) in [5, 5.41) is 9.16. The minimum atomic E-state index is -0.261. The van der Waals surface area contributed by atoms with E-state index in [2.05, 4.69) is 16.0 Å². The van der Waals surface area contributed by atoms with Crippen LogP contribution in [0.25, 0.3) is 0 Å². The monoisotopic (exact) mass is 365 g/mol. The molecule has 2 rings (SSSR count). The van der Waals surface area contributed by atoms with E-state index in [4.69, 9.17) is 23.2 Å². The average molecular weight is 366 g/mol. The normalized spacial score (nSPS) is 10.2. The molecule has 5 nitrogen and oxygen atoms in total. The molecule has 0 unspecified atom stereocenters. The van der Waals surface area contributed by atoms with Gasteiger partial charge < -0.3 is 16.0 Å². The Kier molecular flexibility index (Phi) is 6.06. The Labute approximate surface area is 150 Å². The number of carbonyl (C=O) groups is 2. The SMILES string of the molecule is CC(=O)Nc1cccc(NCC(=O)Nc2cccc(Cl)c2Cl)c1C. The van der Waals surface area contributed by atoms with Crippen molar-refractivity contribution in [1.82, 2.24) is 0 Å². The van der Waals surface area contributed by atoms with Gasteiger partial charge in [0.15, 0.2) is 0 Å². The third-order valence-electron chi connectivity index (χ3n) is 3.31. The molecule has 0 aromatic heterocycles. The van der Waals surface area contributed by atoms with Gasteiger partial charge in [0.1, 0.15) is 0 Å². The lowest BCUT2D eigenvalue weighted by atomic mass is 10.1. The maximum atomic E-state index is 12.1. The van der Waals surface area contributed by atoms with Gasteiger partial charge in [-0.05, 0) is 36.8 Å². The quantitative estimate of drug-likeness (QED) is 0.739. The van der Waals surface area contributed by atoms with Crippen LogP contribution in [0.4, 0.5) is 17.1 Å². The maximum absolute atomic E-state index is 12.1. The predicted molar refractivity (Wildman–Crippen MR) is 99.1 cm³/mol. The molecule has 2 amide bonds. The van der Waals surface area contributed by atoms with Crippen LogP contribution in [-0.2, 0) is 9.59 Å². The van der Waals surface area contributed by atoms with E-state index in [1.165, 1.54) is 6.92 Å². The molecule has 0 fully saturated rings. The lowest BCUT2D eigenvalue weighted by Crippen LogP contribution is -2.22. The summed E-state index contributed by atoms with van der Waals surface area (Å²) in [7, 11) is 0. The fraction of sp³-hybridized carbons (Fsp3) is 0.176. The zero-order chi connectivity index (χ0) is 17.7. The van der Waals surface area contributed by atoms with E-state index < -0.39 is 0 Å². The summed E-state index contributed by atoms with van der Waals surface area (Å²) in [6, 6.07) is 10.5. The van der Waals surface area contributed by atoms with Crippen LogP contribution in [-0.4, -0.2) is 18.4 Å². The fourth-order valence-corrected chi connectivity index (χ4v) is 2.47. The number of amides is 2. The second kappa shape index (κ2) is 8.04. The van der Waals surface area contributed by atoms with Gasteiger partial charge in [0, 0.05) is 18.3 Å². The van der Waals surface area contributed by atoms with Crippen LogP contribution in [0.2, 0.25) is 10.0 Å². The molecule has 0 atom stereocenters. The summed E-state index contributed by atoms with van der Waals surface area (Å²) in [4.78, 5) is 23.3. The van der Waals surface area contributed by atoms with Crippen molar-refractivity contribution in [3.05, 3.63) is 52.0 Å². The van der Waals surface area contributed by atoms with Crippen LogP contribution in [0, 0.1) is 6.92 Å². The van der Waals surface area contributed by atoms with Gasteiger partial charge in [-0.1, -0.05) is 35.3 Å². The standard InChI is InChI=1S/C17H17Cl2N3O2/c1-10-13(6-4-7-14(10)21-11(2)23)20-9-16(24)22-15-8-3-5-12(18)17(15)19/h3-8,20H,9H2,1-2H3,(H,21,23)(H,22,24). The molecule has 3 N–H and O–H groups in total. The van der Waals surface area contributed by atoms with Crippen molar-refractivity contribution in [2.75, 3.05) is 22.5 Å². The van der Waals surface area contributed by atoms with Crippen LogP contribution in [0.15, 0.2) is 36.4 Å². The van der Waals surface area contributed by atoms with Crippen molar-refractivity contribution in [2.45, 2.75) is 13.8 Å². The largest absolute Gasteiger partial charge is 0.376 e. The van der Waals surface area contributed by atoms with Gasteiger partial charge in [-0.25, -0.2) is 0 Å². The second-order valence-electron chi connectivity index (χ2n) is 5.16. The first-order valence-electron chi connectivity index (χ1n) is 7.23. The third kappa shape index (κ3) is 4.63. The highest BCUT2D eigenvalue weighted by Crippen LogP contribution is 2.29. The highest BCUT2D eigenvalue weighted by Gasteiger charge is 2.10. The third-order valence-corrected chi connectivity index (χ3v) is 4.13. The van der Waals surface area contributed by atoms with Crippen LogP contribution >= 0.6 is 23.2 Å². The van der Waals surface area contributed by atoms with Crippen molar-refractivity contribution in [3.63, 3.8) is 0 Å². The van der Waals surface area contributed by atoms with E-state index in [1.54, 1.807) is 30.3 Å². The smallest absolute Gasteiger partial charge is 0.243 e. The highest BCUT2D eigenvalue weighted by molar-refractivity contribution is 6.44. The van der Waals surface area contributed by atoms with E-state index in [-0.39, 0.29) is 18.4 Å². The van der Waals surface area contributed by atoms with E-state index in [1.807, 2.05) is 13.0 Å². The van der Waals surface area contributed by atoms with Crippen molar-refractivity contribution in [2.24, 2.45) is 0 Å². The van der Waals surface area contributed by atoms with E-state index in [0.29, 0.717) is 21.4 Å². The van der Waals surface area contributed by atoms with E-state index >= 15 is 0 Å². The van der Waals surface area contributed by atoms with Crippen molar-refractivity contribution in [3.8, 4) is 0 Å². The zero-order valence-corrected chi connectivity index (χ0v) is 14.8. The summed E-state index contributed by atoms with van der Waals surface area (Å²) >= 11 is 12.0. The first-order valence-corrected chi connectivity index (χ1v) is 7.99. The number of hydrogen-bond acceptors (Lipinski definition) is 3.